The lowest BCUT2D eigenvalue weighted by atomic mass is 9.36. The Hall–Kier alpha value is -3.12. The van der Waals surface area contributed by atoms with Gasteiger partial charge in [0.1, 0.15) is 11.6 Å². The number of benzene rings is 3. The SMILES string of the molecule is Fc1cc(F)cc(B(c2c(F)c(F)c(F)c(F)c2F)c2c(F)c(F)c(F)c(F)c2F)c1. The normalized spacial score (nSPS) is 11.2. The zero-order valence-electron chi connectivity index (χ0n) is 14.3. The minimum absolute atomic E-state index is 0.157. The van der Waals surface area contributed by atoms with Crippen LogP contribution in [0.25, 0.3) is 0 Å². The second kappa shape index (κ2) is 7.86. The lowest BCUT2D eigenvalue weighted by Gasteiger charge is -2.20. The largest absolute Gasteiger partial charge is 0.257 e. The molecule has 3 aromatic carbocycles. The monoisotopic (exact) mass is 458 g/mol. The average molecular weight is 458 g/mol. The van der Waals surface area contributed by atoms with Gasteiger partial charge in [0.25, 0.3) is 6.71 Å². The molecule has 13 heteroatoms. The zero-order chi connectivity index (χ0) is 23.4. The third-order valence-electron chi connectivity index (χ3n) is 4.28. The molecule has 3 rings (SSSR count). The van der Waals surface area contributed by atoms with Gasteiger partial charge in [-0.2, -0.15) is 0 Å². The van der Waals surface area contributed by atoms with Crippen LogP contribution < -0.4 is 16.4 Å². The van der Waals surface area contributed by atoms with E-state index in [4.69, 9.17) is 0 Å². The summed E-state index contributed by atoms with van der Waals surface area (Å²) in [5, 5.41) is 0. The lowest BCUT2D eigenvalue weighted by molar-refractivity contribution is 0.382. The number of halogens is 12. The molecule has 0 spiro atoms. The summed E-state index contributed by atoms with van der Waals surface area (Å²) < 4.78 is 166. The van der Waals surface area contributed by atoms with Gasteiger partial charge in [0.2, 0.25) is 0 Å². The Bertz CT molecular complexity index is 1080. The van der Waals surface area contributed by atoms with Gasteiger partial charge in [0, 0.05) is 17.0 Å². The van der Waals surface area contributed by atoms with E-state index in [0.717, 1.165) is 0 Å². The predicted molar refractivity (Wildman–Crippen MR) is 83.5 cm³/mol. The highest BCUT2D eigenvalue weighted by atomic mass is 19.2. The summed E-state index contributed by atoms with van der Waals surface area (Å²) in [5.41, 5.74) is -5.39. The predicted octanol–water partition coefficient (Wildman–Crippen LogP) is 3.87. The molecule has 0 nitrogen and oxygen atoms in total. The van der Waals surface area contributed by atoms with Crippen LogP contribution >= 0.6 is 0 Å². The van der Waals surface area contributed by atoms with E-state index in [1.165, 1.54) is 0 Å². The van der Waals surface area contributed by atoms with Gasteiger partial charge in [0.15, 0.2) is 58.2 Å². The van der Waals surface area contributed by atoms with Crippen LogP contribution in [-0.4, -0.2) is 6.71 Å². The Kier molecular flexibility index (Phi) is 5.72. The third kappa shape index (κ3) is 3.51. The Morgan fingerprint density at radius 2 is 0.613 bits per heavy atom. The average Bonchev–Trinajstić information content (AvgIpc) is 2.71. The van der Waals surface area contributed by atoms with Gasteiger partial charge in [-0.3, -0.25) is 0 Å². The van der Waals surface area contributed by atoms with E-state index in [-0.39, 0.29) is 18.2 Å². The molecule has 0 radical (unpaired) electrons. The van der Waals surface area contributed by atoms with Crippen LogP contribution in [0.15, 0.2) is 18.2 Å². The molecule has 0 aliphatic rings. The molecule has 0 saturated heterocycles. The first kappa shape index (κ1) is 22.6. The van der Waals surface area contributed by atoms with Crippen molar-refractivity contribution in [2.75, 3.05) is 0 Å². The molecule has 0 saturated carbocycles. The minimum atomic E-state index is -3.03. The van der Waals surface area contributed by atoms with Gasteiger partial charge >= 0.3 is 0 Å². The molecule has 0 aliphatic carbocycles. The fourth-order valence-corrected chi connectivity index (χ4v) is 2.97. The molecule has 0 aliphatic heterocycles. The van der Waals surface area contributed by atoms with E-state index in [1.54, 1.807) is 0 Å². The van der Waals surface area contributed by atoms with Crippen LogP contribution in [0.2, 0.25) is 0 Å². The van der Waals surface area contributed by atoms with E-state index >= 15 is 0 Å². The van der Waals surface area contributed by atoms with Crippen molar-refractivity contribution in [2.24, 2.45) is 0 Å². The molecule has 0 aromatic heterocycles. The molecule has 0 unspecified atom stereocenters. The van der Waals surface area contributed by atoms with E-state index in [0.29, 0.717) is 0 Å². The molecular formula is C18H3BF12. The standard InChI is InChI=1S/C18H3BF12/c20-5-1-4(2-6(21)3-5)19(7-9(22)13(26)17(30)14(27)10(7)23)8-11(24)15(28)18(31)16(29)12(8)25/h1-3H. The van der Waals surface area contributed by atoms with Crippen molar-refractivity contribution < 1.29 is 52.7 Å². The summed E-state index contributed by atoms with van der Waals surface area (Å²) in [6.45, 7) is -3.03. The van der Waals surface area contributed by atoms with Crippen LogP contribution in [0.4, 0.5) is 52.7 Å². The fourth-order valence-electron chi connectivity index (χ4n) is 2.97. The maximum absolute atomic E-state index is 14.4. The van der Waals surface area contributed by atoms with Gasteiger partial charge in [0.05, 0.1) is 0 Å². The van der Waals surface area contributed by atoms with Gasteiger partial charge in [-0.25, -0.2) is 52.7 Å². The van der Waals surface area contributed by atoms with E-state index in [2.05, 4.69) is 0 Å². The van der Waals surface area contributed by atoms with Crippen LogP contribution in [0, 0.1) is 69.8 Å². The first-order valence-corrected chi connectivity index (χ1v) is 7.87. The topological polar surface area (TPSA) is 0 Å². The van der Waals surface area contributed by atoms with E-state index < -0.39 is 92.9 Å². The van der Waals surface area contributed by atoms with Crippen molar-refractivity contribution in [1.82, 2.24) is 0 Å². The maximum Gasteiger partial charge on any atom is 0.257 e. The van der Waals surface area contributed by atoms with E-state index in [9.17, 15) is 52.7 Å². The maximum atomic E-state index is 14.4. The highest BCUT2D eigenvalue weighted by Gasteiger charge is 2.41. The number of hydrogen-bond acceptors (Lipinski definition) is 0. The molecule has 162 valence electrons. The number of hydrogen-bond donors (Lipinski definition) is 0. The molecule has 3 aromatic rings. The molecule has 0 bridgehead atoms. The summed E-state index contributed by atoms with van der Waals surface area (Å²) in [6.07, 6.45) is 0. The van der Waals surface area contributed by atoms with Gasteiger partial charge in [-0.1, -0.05) is 5.46 Å². The van der Waals surface area contributed by atoms with Gasteiger partial charge < -0.3 is 0 Å². The molecular weight excluding hydrogens is 455 g/mol. The highest BCUT2D eigenvalue weighted by molar-refractivity contribution is 6.95. The van der Waals surface area contributed by atoms with Crippen molar-refractivity contribution in [2.45, 2.75) is 0 Å². The van der Waals surface area contributed by atoms with Crippen molar-refractivity contribution >= 4 is 23.1 Å². The molecule has 0 N–H and O–H groups in total. The molecule has 0 heterocycles. The first-order valence-electron chi connectivity index (χ1n) is 7.87. The van der Waals surface area contributed by atoms with Crippen LogP contribution in [0.1, 0.15) is 0 Å². The van der Waals surface area contributed by atoms with Crippen LogP contribution in [0.3, 0.4) is 0 Å². The fraction of sp³-hybridized carbons (Fsp3) is 0. The molecule has 31 heavy (non-hydrogen) atoms. The van der Waals surface area contributed by atoms with E-state index in [1.807, 2.05) is 0 Å². The molecule has 0 atom stereocenters. The van der Waals surface area contributed by atoms with Crippen molar-refractivity contribution in [1.29, 1.82) is 0 Å². The van der Waals surface area contributed by atoms with Crippen LogP contribution in [0.5, 0.6) is 0 Å². The first-order chi connectivity index (χ1) is 14.4. The summed E-state index contributed by atoms with van der Waals surface area (Å²) in [5.74, 6) is -29.8. The molecule has 0 fully saturated rings. The summed E-state index contributed by atoms with van der Waals surface area (Å²) in [4.78, 5) is 0. The summed E-state index contributed by atoms with van der Waals surface area (Å²) in [6, 6.07) is 0.478. The Balaban J connectivity index is 2.55. The lowest BCUT2D eigenvalue weighted by Crippen LogP contribution is -2.58. The zero-order valence-corrected chi connectivity index (χ0v) is 14.3. The quantitative estimate of drug-likeness (QED) is 0.242. The second-order valence-electron chi connectivity index (χ2n) is 6.10. The van der Waals surface area contributed by atoms with Gasteiger partial charge in [-0.15, -0.1) is 0 Å². The van der Waals surface area contributed by atoms with Crippen LogP contribution in [-0.2, 0) is 0 Å². The Morgan fingerprint density at radius 3 is 0.903 bits per heavy atom. The van der Waals surface area contributed by atoms with Crippen molar-refractivity contribution in [3.8, 4) is 0 Å². The minimum Gasteiger partial charge on any atom is -0.207 e. The molecule has 0 amide bonds. The third-order valence-corrected chi connectivity index (χ3v) is 4.28. The Labute approximate surface area is 164 Å². The summed E-state index contributed by atoms with van der Waals surface area (Å²) in [7, 11) is 0. The van der Waals surface area contributed by atoms with Gasteiger partial charge in [-0.05, 0) is 12.1 Å². The smallest absolute Gasteiger partial charge is 0.207 e. The van der Waals surface area contributed by atoms with Crippen molar-refractivity contribution in [3.63, 3.8) is 0 Å². The second-order valence-corrected chi connectivity index (χ2v) is 6.10. The van der Waals surface area contributed by atoms with Crippen molar-refractivity contribution in [3.05, 3.63) is 88.0 Å². The number of rotatable bonds is 3. The highest BCUT2D eigenvalue weighted by Crippen LogP contribution is 2.21. The Morgan fingerprint density at radius 1 is 0.355 bits per heavy atom. The summed E-state index contributed by atoms with van der Waals surface area (Å²) >= 11 is 0.